The monoisotopic (exact) mass is 205 g/mol. The summed E-state index contributed by atoms with van der Waals surface area (Å²) in [6.07, 6.45) is 1.89. The van der Waals surface area contributed by atoms with Crippen molar-refractivity contribution in [3.8, 4) is 0 Å². The fraction of sp³-hybridized carbons (Fsp3) is 0.462. The van der Waals surface area contributed by atoms with Crippen LogP contribution in [-0.2, 0) is 11.2 Å². The van der Waals surface area contributed by atoms with Gasteiger partial charge in [0.25, 0.3) is 0 Å². The summed E-state index contributed by atoms with van der Waals surface area (Å²) in [6.45, 7) is 4.21. The van der Waals surface area contributed by atoms with Gasteiger partial charge in [-0.25, -0.2) is 0 Å². The van der Waals surface area contributed by atoms with Gasteiger partial charge in [0.15, 0.2) is 0 Å². The summed E-state index contributed by atoms with van der Waals surface area (Å²) in [5, 5.41) is 3.04. The van der Waals surface area contributed by atoms with Crippen LogP contribution in [0.5, 0.6) is 0 Å². The number of benzene rings is 1. The van der Waals surface area contributed by atoms with Crippen molar-refractivity contribution >= 4 is 6.29 Å². The second-order valence-electron chi connectivity index (χ2n) is 4.55. The van der Waals surface area contributed by atoms with E-state index in [2.05, 4.69) is 31.3 Å². The highest BCUT2D eigenvalue weighted by atomic mass is 16.1. The number of carbonyl (C=O) groups is 1. The number of nitrogens with one attached hydrogen (secondary N) is 1. The molecule has 0 radical (unpaired) electrons. The summed E-state index contributed by atoms with van der Waals surface area (Å²) in [5.41, 5.74) is 1.21. The molecule has 0 aromatic heterocycles. The molecule has 82 valence electrons. The number of aldehydes is 1. The molecule has 0 fully saturated rings. The molecule has 0 saturated carbocycles. The largest absolute Gasteiger partial charge is 0.310 e. The van der Waals surface area contributed by atoms with Crippen LogP contribution in [0.25, 0.3) is 0 Å². The molecule has 0 spiro atoms. The van der Waals surface area contributed by atoms with E-state index in [1.54, 1.807) is 0 Å². The van der Waals surface area contributed by atoms with E-state index in [1.165, 1.54) is 5.56 Å². The first-order valence-corrected chi connectivity index (χ1v) is 5.26. The molecule has 15 heavy (non-hydrogen) atoms. The quantitative estimate of drug-likeness (QED) is 0.745. The van der Waals surface area contributed by atoms with Crippen molar-refractivity contribution in [3.63, 3.8) is 0 Å². The molecule has 2 nitrogen and oxygen atoms in total. The van der Waals surface area contributed by atoms with Crippen LogP contribution in [0.4, 0.5) is 0 Å². The van der Waals surface area contributed by atoms with Crippen molar-refractivity contribution < 1.29 is 4.79 Å². The third-order valence-corrected chi connectivity index (χ3v) is 2.79. The van der Waals surface area contributed by atoms with Crippen molar-refractivity contribution in [2.45, 2.75) is 26.3 Å². The van der Waals surface area contributed by atoms with Crippen LogP contribution in [-0.4, -0.2) is 19.4 Å². The minimum atomic E-state index is -0.0993. The van der Waals surface area contributed by atoms with Gasteiger partial charge in [0.05, 0.1) is 6.04 Å². The van der Waals surface area contributed by atoms with Gasteiger partial charge in [0.2, 0.25) is 0 Å². The Labute approximate surface area is 91.7 Å². The third kappa shape index (κ3) is 3.17. The predicted octanol–water partition coefficient (Wildman–Crippen LogP) is 2.04. The molecule has 0 heterocycles. The second-order valence-corrected chi connectivity index (χ2v) is 4.55. The van der Waals surface area contributed by atoms with Crippen LogP contribution in [0.3, 0.4) is 0 Å². The van der Waals surface area contributed by atoms with E-state index in [9.17, 15) is 4.79 Å². The van der Waals surface area contributed by atoms with Gasteiger partial charge in [-0.15, -0.1) is 0 Å². The van der Waals surface area contributed by atoms with Gasteiger partial charge in [-0.2, -0.15) is 0 Å². The maximum Gasteiger partial charge on any atom is 0.137 e. The second kappa shape index (κ2) is 5.08. The number of hydrogen-bond donors (Lipinski definition) is 1. The molecule has 0 aliphatic heterocycles. The maximum absolute atomic E-state index is 10.9. The molecular weight excluding hydrogens is 186 g/mol. The molecule has 0 aliphatic rings. The van der Waals surface area contributed by atoms with Gasteiger partial charge in [-0.3, -0.25) is 0 Å². The van der Waals surface area contributed by atoms with Gasteiger partial charge in [0.1, 0.15) is 6.29 Å². The molecule has 1 aromatic carbocycles. The third-order valence-electron chi connectivity index (χ3n) is 2.79. The van der Waals surface area contributed by atoms with Crippen LogP contribution in [0.15, 0.2) is 30.3 Å². The number of rotatable bonds is 5. The van der Waals surface area contributed by atoms with E-state index in [0.717, 1.165) is 12.7 Å². The lowest BCUT2D eigenvalue weighted by atomic mass is 9.79. The fourth-order valence-electron chi connectivity index (χ4n) is 1.87. The fourth-order valence-corrected chi connectivity index (χ4v) is 1.87. The summed E-state index contributed by atoms with van der Waals surface area (Å²) in [6, 6.07) is 10.2. The van der Waals surface area contributed by atoms with Crippen molar-refractivity contribution in [2.24, 2.45) is 5.41 Å². The van der Waals surface area contributed by atoms with Crippen molar-refractivity contribution in [2.75, 3.05) is 7.05 Å². The highest BCUT2D eigenvalue weighted by Crippen LogP contribution is 2.24. The Morgan fingerprint density at radius 3 is 2.40 bits per heavy atom. The molecular formula is C13H19NO. The van der Waals surface area contributed by atoms with E-state index in [0.29, 0.717) is 0 Å². The van der Waals surface area contributed by atoms with Gasteiger partial charge in [-0.1, -0.05) is 44.2 Å². The minimum absolute atomic E-state index is 0.0577. The summed E-state index contributed by atoms with van der Waals surface area (Å²) < 4.78 is 0. The topological polar surface area (TPSA) is 29.1 Å². The van der Waals surface area contributed by atoms with Crippen LogP contribution in [0.2, 0.25) is 0 Å². The Balaban J connectivity index is 2.75. The zero-order chi connectivity index (χ0) is 11.3. The van der Waals surface area contributed by atoms with Crippen molar-refractivity contribution in [3.05, 3.63) is 35.9 Å². The summed E-state index contributed by atoms with van der Waals surface area (Å²) in [4.78, 5) is 10.9. The van der Waals surface area contributed by atoms with Crippen molar-refractivity contribution in [1.29, 1.82) is 0 Å². The first-order valence-electron chi connectivity index (χ1n) is 5.26. The Bertz CT molecular complexity index is 306. The van der Waals surface area contributed by atoms with Crippen LogP contribution < -0.4 is 5.32 Å². The molecule has 0 amide bonds. The van der Waals surface area contributed by atoms with E-state index in [4.69, 9.17) is 0 Å². The first kappa shape index (κ1) is 11.9. The Morgan fingerprint density at radius 1 is 1.33 bits per heavy atom. The van der Waals surface area contributed by atoms with E-state index < -0.39 is 0 Å². The van der Waals surface area contributed by atoms with E-state index in [-0.39, 0.29) is 11.5 Å². The lowest BCUT2D eigenvalue weighted by Gasteiger charge is -2.30. The number of likely N-dealkylation sites (N-methyl/N-ethyl adjacent to an activating group) is 1. The molecule has 2 heteroatoms. The molecule has 0 bridgehead atoms. The highest BCUT2D eigenvalue weighted by molar-refractivity contribution is 5.59. The Morgan fingerprint density at radius 2 is 1.93 bits per heavy atom. The average Bonchev–Trinajstić information content (AvgIpc) is 2.19. The van der Waals surface area contributed by atoms with Gasteiger partial charge >= 0.3 is 0 Å². The maximum atomic E-state index is 10.9. The Kier molecular flexibility index (Phi) is 4.04. The smallest absolute Gasteiger partial charge is 0.137 e. The van der Waals surface area contributed by atoms with Crippen LogP contribution >= 0.6 is 0 Å². The zero-order valence-electron chi connectivity index (χ0n) is 9.66. The van der Waals surface area contributed by atoms with Crippen LogP contribution in [0.1, 0.15) is 19.4 Å². The molecule has 1 rings (SSSR count). The normalized spacial score (nSPS) is 13.5. The molecule has 0 unspecified atom stereocenters. The molecule has 0 saturated heterocycles. The zero-order valence-corrected chi connectivity index (χ0v) is 9.66. The molecule has 1 N–H and O–H groups in total. The number of hydrogen-bond acceptors (Lipinski definition) is 2. The standard InChI is InChI=1S/C13H19NO/c1-13(2,12(10-15)14-3)9-11-7-5-4-6-8-11/h4-8,10,12,14H,9H2,1-3H3/t12-/m0/s1. The molecule has 1 aromatic rings. The highest BCUT2D eigenvalue weighted by Gasteiger charge is 2.27. The lowest BCUT2D eigenvalue weighted by molar-refractivity contribution is -0.111. The average molecular weight is 205 g/mol. The minimum Gasteiger partial charge on any atom is -0.310 e. The first-order chi connectivity index (χ1) is 7.10. The summed E-state index contributed by atoms with van der Waals surface area (Å²) >= 11 is 0. The van der Waals surface area contributed by atoms with Gasteiger partial charge in [0, 0.05) is 0 Å². The predicted molar refractivity (Wildman–Crippen MR) is 62.8 cm³/mol. The summed E-state index contributed by atoms with van der Waals surface area (Å²) in [5.74, 6) is 0. The SMILES string of the molecule is CN[C@@H](C=O)C(C)(C)Cc1ccccc1. The van der Waals surface area contributed by atoms with E-state index in [1.807, 2.05) is 25.2 Å². The van der Waals surface area contributed by atoms with E-state index >= 15 is 0 Å². The number of carbonyl (C=O) groups excluding carboxylic acids is 1. The molecule has 1 atom stereocenters. The van der Waals surface area contributed by atoms with Crippen molar-refractivity contribution in [1.82, 2.24) is 5.32 Å². The lowest BCUT2D eigenvalue weighted by Crippen LogP contribution is -2.42. The van der Waals surface area contributed by atoms with Crippen LogP contribution in [0, 0.1) is 5.41 Å². The summed E-state index contributed by atoms with van der Waals surface area (Å²) in [7, 11) is 1.83. The molecule has 0 aliphatic carbocycles. The van der Waals surface area contributed by atoms with Gasteiger partial charge < -0.3 is 10.1 Å². The van der Waals surface area contributed by atoms with Gasteiger partial charge in [-0.05, 0) is 24.4 Å². The Hall–Kier alpha value is -1.15.